The third kappa shape index (κ3) is 3.32. The fraction of sp³-hybridized carbons (Fsp3) is 0.0789. The van der Waals surface area contributed by atoms with Gasteiger partial charge in [0.1, 0.15) is 5.82 Å². The third-order valence-corrected chi connectivity index (χ3v) is 8.29. The molecule has 0 spiro atoms. The molecule has 0 aliphatic rings. The molecule has 7 aromatic carbocycles. The molecule has 190 valence electrons. The molecule has 0 saturated carbocycles. The SMILES string of the molecule is CC(C)c1nc2ccccc2n1-c1ccc(-c2cc3c4ccccc4c4ccccc4c3c3ccccc23)cc1. The largest absolute Gasteiger partial charge is 0.296 e. The average Bonchev–Trinajstić information content (AvgIpc) is 3.41. The zero-order valence-electron chi connectivity index (χ0n) is 22.6. The van der Waals surface area contributed by atoms with Gasteiger partial charge >= 0.3 is 0 Å². The summed E-state index contributed by atoms with van der Waals surface area (Å²) in [6.45, 7) is 4.42. The lowest BCUT2D eigenvalue weighted by Crippen LogP contribution is -2.03. The van der Waals surface area contributed by atoms with Crippen LogP contribution in [0.5, 0.6) is 0 Å². The highest BCUT2D eigenvalue weighted by molar-refractivity contribution is 6.33. The minimum atomic E-state index is 0.319. The maximum absolute atomic E-state index is 4.96. The van der Waals surface area contributed by atoms with Crippen molar-refractivity contribution in [2.75, 3.05) is 0 Å². The Morgan fingerprint density at radius 2 is 1.05 bits per heavy atom. The molecule has 0 radical (unpaired) electrons. The lowest BCUT2D eigenvalue weighted by Gasteiger charge is -2.17. The summed E-state index contributed by atoms with van der Waals surface area (Å²) in [5.74, 6) is 1.41. The van der Waals surface area contributed by atoms with Gasteiger partial charge in [-0.1, -0.05) is 111 Å². The van der Waals surface area contributed by atoms with E-state index in [9.17, 15) is 0 Å². The Bertz CT molecular complexity index is 2230. The van der Waals surface area contributed by atoms with E-state index in [2.05, 4.69) is 146 Å². The number of benzene rings is 7. The van der Waals surface area contributed by atoms with E-state index < -0.39 is 0 Å². The Morgan fingerprint density at radius 3 is 1.73 bits per heavy atom. The van der Waals surface area contributed by atoms with E-state index in [0.29, 0.717) is 5.92 Å². The summed E-state index contributed by atoms with van der Waals surface area (Å²) in [7, 11) is 0. The van der Waals surface area contributed by atoms with E-state index in [-0.39, 0.29) is 0 Å². The normalized spacial score (nSPS) is 12.0. The van der Waals surface area contributed by atoms with Gasteiger partial charge in [-0.3, -0.25) is 4.57 Å². The Kier molecular flexibility index (Phi) is 5.05. The molecule has 8 rings (SSSR count). The molecule has 0 saturated heterocycles. The third-order valence-electron chi connectivity index (χ3n) is 8.29. The molecule has 0 N–H and O–H groups in total. The van der Waals surface area contributed by atoms with Crippen molar-refractivity contribution in [2.45, 2.75) is 19.8 Å². The monoisotopic (exact) mass is 512 g/mol. The molecule has 0 unspecified atom stereocenters. The van der Waals surface area contributed by atoms with E-state index in [0.717, 1.165) is 22.5 Å². The van der Waals surface area contributed by atoms with E-state index in [4.69, 9.17) is 4.98 Å². The lowest BCUT2D eigenvalue weighted by molar-refractivity contribution is 0.760. The number of imidazole rings is 1. The lowest BCUT2D eigenvalue weighted by atomic mass is 9.87. The molecule has 0 fully saturated rings. The van der Waals surface area contributed by atoms with Crippen molar-refractivity contribution in [2.24, 2.45) is 0 Å². The van der Waals surface area contributed by atoms with Crippen LogP contribution < -0.4 is 0 Å². The van der Waals surface area contributed by atoms with Crippen molar-refractivity contribution in [1.29, 1.82) is 0 Å². The number of aromatic nitrogens is 2. The molecule has 0 aliphatic carbocycles. The van der Waals surface area contributed by atoms with Crippen LogP contribution in [0.15, 0.2) is 127 Å². The van der Waals surface area contributed by atoms with Gasteiger partial charge in [0.25, 0.3) is 0 Å². The number of rotatable bonds is 3. The van der Waals surface area contributed by atoms with Crippen molar-refractivity contribution in [3.8, 4) is 16.8 Å². The van der Waals surface area contributed by atoms with Crippen LogP contribution in [0.2, 0.25) is 0 Å². The van der Waals surface area contributed by atoms with Crippen molar-refractivity contribution in [3.63, 3.8) is 0 Å². The van der Waals surface area contributed by atoms with E-state index in [1.807, 2.05) is 0 Å². The van der Waals surface area contributed by atoms with E-state index in [1.54, 1.807) is 0 Å². The second kappa shape index (κ2) is 8.79. The minimum absolute atomic E-state index is 0.319. The van der Waals surface area contributed by atoms with Gasteiger partial charge in [0.05, 0.1) is 11.0 Å². The van der Waals surface area contributed by atoms with E-state index in [1.165, 1.54) is 54.2 Å². The minimum Gasteiger partial charge on any atom is -0.296 e. The van der Waals surface area contributed by atoms with Gasteiger partial charge in [-0.25, -0.2) is 4.98 Å². The number of hydrogen-bond donors (Lipinski definition) is 0. The van der Waals surface area contributed by atoms with Crippen LogP contribution in [-0.4, -0.2) is 9.55 Å². The van der Waals surface area contributed by atoms with Crippen LogP contribution >= 0.6 is 0 Å². The summed E-state index contributed by atoms with van der Waals surface area (Å²) < 4.78 is 2.31. The van der Waals surface area contributed by atoms with Gasteiger partial charge in [-0.2, -0.15) is 0 Å². The smallest absolute Gasteiger partial charge is 0.117 e. The standard InChI is InChI=1S/C38H28N2/c1-24(2)38-39-35-17-9-10-18-36(35)40(38)26-21-19-25(20-22-26)33-23-34-29-13-4-3-11-27(29)28-12-5-7-15-31(28)37(34)32-16-8-6-14-30(32)33/h3-24H,1-2H3. The fourth-order valence-corrected chi connectivity index (χ4v) is 6.50. The highest BCUT2D eigenvalue weighted by Crippen LogP contribution is 2.42. The van der Waals surface area contributed by atoms with Gasteiger partial charge in [-0.05, 0) is 84.5 Å². The maximum Gasteiger partial charge on any atom is 0.117 e. The van der Waals surface area contributed by atoms with Crippen molar-refractivity contribution in [1.82, 2.24) is 9.55 Å². The van der Waals surface area contributed by atoms with Crippen LogP contribution in [0, 0.1) is 0 Å². The molecule has 40 heavy (non-hydrogen) atoms. The Balaban J connectivity index is 1.40. The summed E-state index contributed by atoms with van der Waals surface area (Å²) in [6.07, 6.45) is 0. The summed E-state index contributed by atoms with van der Waals surface area (Å²) in [6, 6.07) is 46.4. The highest BCUT2D eigenvalue weighted by Gasteiger charge is 2.17. The molecular weight excluding hydrogens is 484 g/mol. The van der Waals surface area contributed by atoms with Crippen LogP contribution in [0.1, 0.15) is 25.6 Å². The second-order valence-electron chi connectivity index (χ2n) is 11.0. The number of fused-ring (bicyclic) bond motifs is 9. The fourth-order valence-electron chi connectivity index (χ4n) is 6.50. The molecular formula is C38H28N2. The van der Waals surface area contributed by atoms with E-state index >= 15 is 0 Å². The van der Waals surface area contributed by atoms with Crippen LogP contribution in [0.25, 0.3) is 70.9 Å². The van der Waals surface area contributed by atoms with Gasteiger partial charge in [0.2, 0.25) is 0 Å². The summed E-state index contributed by atoms with van der Waals surface area (Å²) in [4.78, 5) is 4.96. The van der Waals surface area contributed by atoms with Crippen molar-refractivity contribution >= 4 is 54.1 Å². The Labute approximate surface area is 233 Å². The first-order valence-electron chi connectivity index (χ1n) is 14.0. The molecule has 0 amide bonds. The van der Waals surface area contributed by atoms with Gasteiger partial charge in [-0.15, -0.1) is 0 Å². The zero-order chi connectivity index (χ0) is 26.8. The second-order valence-corrected chi connectivity index (χ2v) is 11.0. The first-order chi connectivity index (χ1) is 19.7. The topological polar surface area (TPSA) is 17.8 Å². The van der Waals surface area contributed by atoms with Gasteiger partial charge in [0.15, 0.2) is 0 Å². The molecule has 0 atom stereocenters. The summed E-state index contributed by atoms with van der Waals surface area (Å²) >= 11 is 0. The Morgan fingerprint density at radius 1 is 0.525 bits per heavy atom. The quantitative estimate of drug-likeness (QED) is 0.215. The van der Waals surface area contributed by atoms with Crippen LogP contribution in [0.4, 0.5) is 0 Å². The predicted octanol–water partition coefficient (Wildman–Crippen LogP) is 10.4. The van der Waals surface area contributed by atoms with Crippen molar-refractivity contribution in [3.05, 3.63) is 133 Å². The van der Waals surface area contributed by atoms with Gasteiger partial charge in [0, 0.05) is 11.6 Å². The molecule has 1 aromatic heterocycles. The molecule has 1 heterocycles. The average molecular weight is 513 g/mol. The van der Waals surface area contributed by atoms with Crippen molar-refractivity contribution < 1.29 is 0 Å². The highest BCUT2D eigenvalue weighted by atomic mass is 15.1. The number of nitrogens with zero attached hydrogens (tertiary/aromatic N) is 2. The summed E-state index contributed by atoms with van der Waals surface area (Å²) in [5.41, 5.74) is 5.80. The van der Waals surface area contributed by atoms with Crippen LogP contribution in [0.3, 0.4) is 0 Å². The molecule has 2 nitrogen and oxygen atoms in total. The first-order valence-corrected chi connectivity index (χ1v) is 14.0. The molecule has 0 aliphatic heterocycles. The molecule has 0 bridgehead atoms. The van der Waals surface area contributed by atoms with Gasteiger partial charge < -0.3 is 0 Å². The first kappa shape index (κ1) is 23.0. The zero-order valence-corrected chi connectivity index (χ0v) is 22.6. The predicted molar refractivity (Wildman–Crippen MR) is 171 cm³/mol. The number of hydrogen-bond acceptors (Lipinski definition) is 1. The maximum atomic E-state index is 4.96. The van der Waals surface area contributed by atoms with Crippen LogP contribution in [-0.2, 0) is 0 Å². The summed E-state index contributed by atoms with van der Waals surface area (Å²) in [5, 5.41) is 10.4. The number of para-hydroxylation sites is 2. The molecule has 8 aromatic rings. The molecule has 2 heteroatoms. The Hall–Kier alpha value is -4.95.